The second kappa shape index (κ2) is 6.93. The molecule has 0 aliphatic heterocycles. The summed E-state index contributed by atoms with van der Waals surface area (Å²) in [6.45, 7) is 0. The highest BCUT2D eigenvalue weighted by molar-refractivity contribution is 9.42. The Bertz CT molecular complexity index is 302. The van der Waals surface area contributed by atoms with Gasteiger partial charge in [-0.3, -0.25) is 0 Å². The molecule has 0 aliphatic carbocycles. The predicted molar refractivity (Wildman–Crippen MR) is 102 cm³/mol. The molecule has 0 saturated carbocycles. The van der Waals surface area contributed by atoms with Gasteiger partial charge in [-0.05, 0) is 0 Å². The number of hydrogen-bond donors (Lipinski definition) is 0. The van der Waals surface area contributed by atoms with Crippen LogP contribution in [0.3, 0.4) is 0 Å². The quantitative estimate of drug-likeness (QED) is 0.252. The van der Waals surface area contributed by atoms with E-state index in [9.17, 15) is 13.2 Å². The zero-order chi connectivity index (χ0) is 15.2. The number of alkyl halides is 12. The van der Waals surface area contributed by atoms with E-state index in [0.717, 1.165) is 0 Å². The molecule has 0 aromatic rings. The van der Waals surface area contributed by atoms with Gasteiger partial charge in [0.1, 0.15) is 6.47 Å². The molecule has 0 amide bonds. The zero-order valence-corrected chi connectivity index (χ0v) is 22.0. The molecule has 0 heterocycles. The Labute approximate surface area is 178 Å². The highest BCUT2D eigenvalue weighted by Crippen LogP contribution is 2.66. The van der Waals surface area contributed by atoms with Crippen molar-refractivity contribution in [3.8, 4) is 0 Å². The molecular formula is C6H2Br9F3. The van der Waals surface area contributed by atoms with Gasteiger partial charge in [-0.25, -0.2) is 0 Å². The lowest BCUT2D eigenvalue weighted by Gasteiger charge is -2.43. The first-order valence-electron chi connectivity index (χ1n) is 3.72. The molecule has 0 bridgehead atoms. The van der Waals surface area contributed by atoms with Crippen molar-refractivity contribution in [3.05, 3.63) is 0 Å². The molecule has 0 aromatic carbocycles. The van der Waals surface area contributed by atoms with E-state index in [1.165, 1.54) is 0 Å². The van der Waals surface area contributed by atoms with Gasteiger partial charge in [0.2, 0.25) is 0 Å². The van der Waals surface area contributed by atoms with Gasteiger partial charge < -0.3 is 0 Å². The van der Waals surface area contributed by atoms with Crippen molar-refractivity contribution < 1.29 is 13.2 Å². The van der Waals surface area contributed by atoms with Crippen LogP contribution in [0.2, 0.25) is 0 Å². The molecule has 0 N–H and O–H groups in total. The summed E-state index contributed by atoms with van der Waals surface area (Å²) in [5.74, 6) is 0. The van der Waals surface area contributed by atoms with E-state index in [-0.39, 0.29) is 6.42 Å². The third kappa shape index (κ3) is 5.33. The third-order valence-corrected chi connectivity index (χ3v) is 14.5. The Kier molecular flexibility index (Phi) is 8.51. The maximum atomic E-state index is 12.8. The van der Waals surface area contributed by atoms with E-state index >= 15 is 0 Å². The van der Waals surface area contributed by atoms with Gasteiger partial charge in [-0.15, -0.1) is 0 Å². The fourth-order valence-electron chi connectivity index (χ4n) is 0.697. The monoisotopic (exact) mass is 841 g/mol. The van der Waals surface area contributed by atoms with Crippen molar-refractivity contribution in [3.63, 3.8) is 0 Å². The van der Waals surface area contributed by atoms with Crippen LogP contribution in [0.15, 0.2) is 0 Å². The predicted octanol–water partition coefficient (Wildman–Crippen LogP) is 8.24. The maximum absolute atomic E-state index is 12.8. The molecule has 12 heteroatoms. The average molecular weight is 850 g/mol. The topological polar surface area (TPSA) is 0 Å². The Morgan fingerprint density at radius 2 is 0.944 bits per heavy atom. The van der Waals surface area contributed by atoms with E-state index < -0.39 is 18.0 Å². The molecule has 0 spiro atoms. The van der Waals surface area contributed by atoms with Crippen LogP contribution in [-0.2, 0) is 0 Å². The van der Waals surface area contributed by atoms with Crippen molar-refractivity contribution in [2.75, 3.05) is 0 Å². The van der Waals surface area contributed by atoms with Crippen LogP contribution < -0.4 is 0 Å². The third-order valence-electron chi connectivity index (χ3n) is 1.67. The lowest BCUT2D eigenvalue weighted by atomic mass is 10.2. The van der Waals surface area contributed by atoms with Crippen LogP contribution in [-0.4, -0.2) is 18.0 Å². The van der Waals surface area contributed by atoms with Crippen LogP contribution in [0.5, 0.6) is 0 Å². The highest BCUT2D eigenvalue weighted by atomic mass is 80.0. The molecule has 110 valence electrons. The summed E-state index contributed by atoms with van der Waals surface area (Å²) in [6, 6.07) is 0. The van der Waals surface area contributed by atoms with E-state index in [2.05, 4.69) is 143 Å². The summed E-state index contributed by atoms with van der Waals surface area (Å²) in [7, 11) is 0. The van der Waals surface area contributed by atoms with Crippen molar-refractivity contribution in [1.29, 1.82) is 0 Å². The normalized spacial score (nSPS) is 16.0. The fraction of sp³-hybridized carbons (Fsp3) is 1.00. The highest BCUT2D eigenvalue weighted by Gasteiger charge is 2.63. The fourth-order valence-corrected chi connectivity index (χ4v) is 7.37. The van der Waals surface area contributed by atoms with E-state index in [0.29, 0.717) is 0 Å². The van der Waals surface area contributed by atoms with Gasteiger partial charge in [-0.2, -0.15) is 13.2 Å². The van der Waals surface area contributed by atoms with E-state index in [4.69, 9.17) is 0 Å². The Morgan fingerprint density at radius 1 is 0.611 bits per heavy atom. The van der Waals surface area contributed by atoms with Gasteiger partial charge in [0, 0.05) is 6.42 Å². The van der Waals surface area contributed by atoms with Crippen LogP contribution in [0.4, 0.5) is 13.2 Å². The van der Waals surface area contributed by atoms with Crippen molar-refractivity contribution in [2.24, 2.45) is 0 Å². The summed E-state index contributed by atoms with van der Waals surface area (Å²) < 4.78 is 33.2. The Hall–Kier alpha value is 4.11. The molecule has 0 radical (unpaired) electrons. The molecule has 0 atom stereocenters. The standard InChI is InChI=1S/C6H2Br9F3/c7-2(8,4(11,12)5(13,14)15)1-3(9,10)6(16,17)18/h1H2. The summed E-state index contributed by atoms with van der Waals surface area (Å²) in [4.78, 5) is 0. The molecular weight excluding hydrogens is 848 g/mol. The van der Waals surface area contributed by atoms with Crippen LogP contribution >= 0.6 is 143 Å². The zero-order valence-electron chi connectivity index (χ0n) is 7.74. The second-order valence-electron chi connectivity index (χ2n) is 3.16. The molecule has 0 aliphatic rings. The number of rotatable bonds is 3. The minimum atomic E-state index is -4.47. The molecule has 0 rings (SSSR count). The molecule has 0 saturated heterocycles. The van der Waals surface area contributed by atoms with Gasteiger partial charge in [0.25, 0.3) is 0 Å². The van der Waals surface area contributed by atoms with Crippen LogP contribution in [0.25, 0.3) is 0 Å². The lowest BCUT2D eigenvalue weighted by Crippen LogP contribution is -2.49. The molecule has 0 unspecified atom stereocenters. The second-order valence-corrected chi connectivity index (χ2v) is 20.9. The smallest absolute Gasteiger partial charge is 0.168 e. The first-order valence-corrected chi connectivity index (χ1v) is 10.9. The van der Waals surface area contributed by atoms with Crippen LogP contribution in [0, 0.1) is 0 Å². The minimum Gasteiger partial charge on any atom is -0.168 e. The summed E-state index contributed by atoms with van der Waals surface area (Å²) in [6.07, 6.45) is -4.85. The molecule has 18 heavy (non-hydrogen) atoms. The average Bonchev–Trinajstić information content (AvgIpc) is 1.96. The van der Waals surface area contributed by atoms with E-state index in [1.807, 2.05) is 0 Å². The van der Waals surface area contributed by atoms with E-state index in [1.54, 1.807) is 0 Å². The minimum absolute atomic E-state index is 0.384. The first kappa shape index (κ1) is 22.1. The summed E-state index contributed by atoms with van der Waals surface area (Å²) >= 11 is 28.2. The maximum Gasteiger partial charge on any atom is 0.413 e. The van der Waals surface area contributed by atoms with Gasteiger partial charge in [0.05, 0.1) is 0 Å². The Morgan fingerprint density at radius 3 is 1.17 bits per heavy atom. The molecule has 0 fully saturated rings. The largest absolute Gasteiger partial charge is 0.413 e. The van der Waals surface area contributed by atoms with Crippen molar-refractivity contribution in [1.82, 2.24) is 0 Å². The van der Waals surface area contributed by atoms with Gasteiger partial charge >= 0.3 is 6.18 Å². The van der Waals surface area contributed by atoms with Gasteiger partial charge in [0.15, 0.2) is 5.38 Å². The molecule has 0 nitrogen and oxygen atoms in total. The van der Waals surface area contributed by atoms with Gasteiger partial charge in [-0.1, -0.05) is 143 Å². The van der Waals surface area contributed by atoms with Crippen molar-refractivity contribution >= 4 is 143 Å². The molecule has 0 aromatic heterocycles. The van der Waals surface area contributed by atoms with Crippen LogP contribution in [0.1, 0.15) is 6.42 Å². The number of hydrogen-bond acceptors (Lipinski definition) is 0. The lowest BCUT2D eigenvalue weighted by molar-refractivity contribution is -0.135. The summed E-state index contributed by atoms with van der Waals surface area (Å²) in [5, 5.41) is 0. The first-order chi connectivity index (χ1) is 7.46. The van der Waals surface area contributed by atoms with Crippen molar-refractivity contribution in [2.45, 2.75) is 24.4 Å². The summed E-state index contributed by atoms with van der Waals surface area (Å²) in [5.41, 5.74) is 0. The Balaban J connectivity index is 5.33. The number of halogens is 12. The SMILES string of the molecule is FC(F)(F)C(Br)(Br)CC(Br)(Br)C(Br)(Br)C(Br)(Br)Br.